The zero-order chi connectivity index (χ0) is 17.3. The number of carbonyl (C=O) groups is 1. The molecule has 0 saturated carbocycles. The monoisotopic (exact) mass is 327 g/mol. The van der Waals surface area contributed by atoms with E-state index >= 15 is 0 Å². The standard InChI is InChI=1S/C17H17N3O4/c1-11-6-7-13(24-11)17(2,23)10-19-15(21)12-9-18-14-5-3-4-8-20(14)16(12)22/h3-9,23H,10H2,1-2H3,(H,19,21). The van der Waals surface area contributed by atoms with Gasteiger partial charge in [0.2, 0.25) is 0 Å². The van der Waals surface area contributed by atoms with Crippen molar-refractivity contribution in [3.8, 4) is 0 Å². The minimum atomic E-state index is -1.38. The molecule has 3 aromatic heterocycles. The normalized spacial score (nSPS) is 13.6. The van der Waals surface area contributed by atoms with Crippen molar-refractivity contribution in [2.75, 3.05) is 6.54 Å². The van der Waals surface area contributed by atoms with Crippen LogP contribution in [0.15, 0.2) is 51.9 Å². The molecule has 2 N–H and O–H groups in total. The van der Waals surface area contributed by atoms with Crippen LogP contribution >= 0.6 is 0 Å². The lowest BCUT2D eigenvalue weighted by Gasteiger charge is -2.21. The van der Waals surface area contributed by atoms with Gasteiger partial charge in [-0.1, -0.05) is 6.07 Å². The van der Waals surface area contributed by atoms with E-state index in [4.69, 9.17) is 4.42 Å². The quantitative estimate of drug-likeness (QED) is 0.751. The molecule has 0 bridgehead atoms. The molecule has 0 saturated heterocycles. The molecule has 3 aromatic rings. The Hall–Kier alpha value is -2.93. The second kappa shape index (κ2) is 5.93. The molecule has 0 fully saturated rings. The number of hydrogen-bond donors (Lipinski definition) is 2. The van der Waals surface area contributed by atoms with Crippen molar-refractivity contribution in [1.82, 2.24) is 14.7 Å². The van der Waals surface area contributed by atoms with Gasteiger partial charge in [0.15, 0.2) is 0 Å². The highest BCUT2D eigenvalue weighted by Crippen LogP contribution is 2.21. The van der Waals surface area contributed by atoms with Crippen LogP contribution in [0, 0.1) is 6.92 Å². The van der Waals surface area contributed by atoms with E-state index in [-0.39, 0.29) is 12.1 Å². The third-order valence-corrected chi connectivity index (χ3v) is 3.72. The third-order valence-electron chi connectivity index (χ3n) is 3.72. The molecule has 0 aliphatic heterocycles. The molecule has 0 aromatic carbocycles. The summed E-state index contributed by atoms with van der Waals surface area (Å²) < 4.78 is 6.68. The molecule has 3 heterocycles. The number of fused-ring (bicyclic) bond motifs is 1. The third kappa shape index (κ3) is 2.93. The molecule has 7 heteroatoms. The van der Waals surface area contributed by atoms with E-state index in [9.17, 15) is 14.7 Å². The smallest absolute Gasteiger partial charge is 0.270 e. The maximum absolute atomic E-state index is 12.3. The van der Waals surface area contributed by atoms with Crippen molar-refractivity contribution >= 4 is 11.6 Å². The Balaban J connectivity index is 1.80. The summed E-state index contributed by atoms with van der Waals surface area (Å²) in [5.41, 5.74) is -1.49. The Bertz CT molecular complexity index is 956. The molecule has 0 radical (unpaired) electrons. The highest BCUT2D eigenvalue weighted by molar-refractivity contribution is 5.93. The number of amides is 1. The summed E-state index contributed by atoms with van der Waals surface area (Å²) in [5.74, 6) is 0.400. The summed E-state index contributed by atoms with van der Waals surface area (Å²) in [4.78, 5) is 28.7. The van der Waals surface area contributed by atoms with Gasteiger partial charge >= 0.3 is 0 Å². The lowest BCUT2D eigenvalue weighted by atomic mass is 10.0. The average molecular weight is 327 g/mol. The van der Waals surface area contributed by atoms with Crippen molar-refractivity contribution in [1.29, 1.82) is 0 Å². The molecule has 124 valence electrons. The van der Waals surface area contributed by atoms with E-state index in [1.165, 1.54) is 17.5 Å². The molecule has 0 aliphatic rings. The van der Waals surface area contributed by atoms with Gasteiger partial charge in [-0.3, -0.25) is 14.0 Å². The van der Waals surface area contributed by atoms with Crippen LogP contribution in [0.25, 0.3) is 5.65 Å². The Morgan fingerprint density at radius 2 is 2.17 bits per heavy atom. The first kappa shape index (κ1) is 15.9. The van der Waals surface area contributed by atoms with Crippen molar-refractivity contribution in [3.63, 3.8) is 0 Å². The molecule has 1 unspecified atom stereocenters. The van der Waals surface area contributed by atoms with Gasteiger partial charge in [0.1, 0.15) is 28.3 Å². The minimum absolute atomic E-state index is 0.0925. The van der Waals surface area contributed by atoms with Gasteiger partial charge in [-0.05, 0) is 38.1 Å². The van der Waals surface area contributed by atoms with Gasteiger partial charge < -0.3 is 14.8 Å². The van der Waals surface area contributed by atoms with Gasteiger partial charge in [0, 0.05) is 12.4 Å². The first-order valence-corrected chi connectivity index (χ1v) is 7.42. The van der Waals surface area contributed by atoms with Crippen LogP contribution < -0.4 is 10.9 Å². The van der Waals surface area contributed by atoms with Crippen molar-refractivity contribution in [3.05, 3.63) is 70.2 Å². The van der Waals surface area contributed by atoms with Crippen LogP contribution in [0.5, 0.6) is 0 Å². The van der Waals surface area contributed by atoms with E-state index in [0.29, 0.717) is 17.2 Å². The predicted molar refractivity (Wildman–Crippen MR) is 86.8 cm³/mol. The molecule has 3 rings (SSSR count). The lowest BCUT2D eigenvalue weighted by molar-refractivity contribution is 0.0323. The van der Waals surface area contributed by atoms with Crippen LogP contribution in [0.1, 0.15) is 28.8 Å². The number of carbonyl (C=O) groups excluding carboxylic acids is 1. The minimum Gasteiger partial charge on any atom is -0.463 e. The fraction of sp³-hybridized carbons (Fsp3) is 0.235. The molecule has 24 heavy (non-hydrogen) atoms. The second-order valence-corrected chi connectivity index (χ2v) is 5.77. The first-order chi connectivity index (χ1) is 11.4. The highest BCUT2D eigenvalue weighted by Gasteiger charge is 2.28. The summed E-state index contributed by atoms with van der Waals surface area (Å²) in [5, 5.41) is 13.0. The highest BCUT2D eigenvalue weighted by atomic mass is 16.4. The Kier molecular flexibility index (Phi) is 3.94. The fourth-order valence-corrected chi connectivity index (χ4v) is 2.34. The molecule has 0 spiro atoms. The summed E-state index contributed by atoms with van der Waals surface area (Å²) in [6.45, 7) is 3.19. The molecule has 7 nitrogen and oxygen atoms in total. The number of rotatable bonds is 4. The first-order valence-electron chi connectivity index (χ1n) is 7.42. The molecular weight excluding hydrogens is 310 g/mol. The van der Waals surface area contributed by atoms with E-state index in [1.807, 2.05) is 0 Å². The van der Waals surface area contributed by atoms with E-state index < -0.39 is 17.1 Å². The average Bonchev–Trinajstić information content (AvgIpc) is 3.01. The van der Waals surface area contributed by atoms with Crippen molar-refractivity contribution in [2.45, 2.75) is 19.4 Å². The van der Waals surface area contributed by atoms with Crippen molar-refractivity contribution < 1.29 is 14.3 Å². The fourth-order valence-electron chi connectivity index (χ4n) is 2.34. The number of aryl methyl sites for hydroxylation is 1. The number of nitrogens with zero attached hydrogens (tertiary/aromatic N) is 2. The number of aliphatic hydroxyl groups is 1. The second-order valence-electron chi connectivity index (χ2n) is 5.77. The van der Waals surface area contributed by atoms with Crippen LogP contribution in [0.2, 0.25) is 0 Å². The number of nitrogens with one attached hydrogen (secondary N) is 1. The maximum atomic E-state index is 12.3. The van der Waals surface area contributed by atoms with E-state index in [2.05, 4.69) is 10.3 Å². The predicted octanol–water partition coefficient (Wildman–Crippen LogP) is 1.23. The van der Waals surface area contributed by atoms with E-state index in [0.717, 1.165) is 0 Å². The van der Waals surface area contributed by atoms with E-state index in [1.54, 1.807) is 43.5 Å². The van der Waals surface area contributed by atoms with Gasteiger partial charge in [0.05, 0.1) is 6.54 Å². The van der Waals surface area contributed by atoms with Crippen LogP contribution in [-0.2, 0) is 5.60 Å². The Morgan fingerprint density at radius 3 is 2.88 bits per heavy atom. The van der Waals surface area contributed by atoms with Crippen LogP contribution in [0.4, 0.5) is 0 Å². The maximum Gasteiger partial charge on any atom is 0.270 e. The van der Waals surface area contributed by atoms with Gasteiger partial charge in [0.25, 0.3) is 11.5 Å². The lowest BCUT2D eigenvalue weighted by Crippen LogP contribution is -2.40. The largest absolute Gasteiger partial charge is 0.463 e. The number of pyridine rings is 1. The molecular formula is C17H17N3O4. The topological polar surface area (TPSA) is 96.8 Å². The zero-order valence-electron chi connectivity index (χ0n) is 13.3. The number of aromatic nitrogens is 2. The number of furan rings is 1. The summed E-state index contributed by atoms with van der Waals surface area (Å²) in [6.07, 6.45) is 2.78. The van der Waals surface area contributed by atoms with Crippen LogP contribution in [-0.4, -0.2) is 26.9 Å². The van der Waals surface area contributed by atoms with Gasteiger partial charge in [-0.2, -0.15) is 0 Å². The van der Waals surface area contributed by atoms with Crippen LogP contribution in [0.3, 0.4) is 0 Å². The van der Waals surface area contributed by atoms with Gasteiger partial charge in [-0.15, -0.1) is 0 Å². The SMILES string of the molecule is Cc1ccc(C(C)(O)CNC(=O)c2cnc3ccccn3c2=O)o1. The summed E-state index contributed by atoms with van der Waals surface area (Å²) in [6, 6.07) is 8.48. The molecule has 1 amide bonds. The van der Waals surface area contributed by atoms with Gasteiger partial charge in [-0.25, -0.2) is 4.98 Å². The summed E-state index contributed by atoms with van der Waals surface area (Å²) in [7, 11) is 0. The molecule has 0 aliphatic carbocycles. The Labute approximate surface area is 137 Å². The zero-order valence-corrected chi connectivity index (χ0v) is 13.3. The van der Waals surface area contributed by atoms with Crippen molar-refractivity contribution in [2.24, 2.45) is 0 Å². The number of hydrogen-bond acceptors (Lipinski definition) is 5. The Morgan fingerprint density at radius 1 is 1.38 bits per heavy atom. The molecule has 1 atom stereocenters. The summed E-state index contributed by atoms with van der Waals surface area (Å²) >= 11 is 0.